The van der Waals surface area contributed by atoms with Crippen LogP contribution in [0.1, 0.15) is 19.8 Å². The van der Waals surface area contributed by atoms with Crippen molar-refractivity contribution in [2.45, 2.75) is 25.0 Å². The van der Waals surface area contributed by atoms with Crippen molar-refractivity contribution in [3.8, 4) is 0 Å². The van der Waals surface area contributed by atoms with Gasteiger partial charge in [0.05, 0.1) is 11.5 Å². The molecule has 1 rings (SSSR count). The van der Waals surface area contributed by atoms with Crippen LogP contribution in [0.25, 0.3) is 0 Å². The Morgan fingerprint density at radius 3 is 2.67 bits per heavy atom. The summed E-state index contributed by atoms with van der Waals surface area (Å²) in [6.07, 6.45) is 1.55. The lowest BCUT2D eigenvalue weighted by molar-refractivity contribution is -0.109. The van der Waals surface area contributed by atoms with Gasteiger partial charge in [-0.2, -0.15) is 0 Å². The lowest BCUT2D eigenvalue weighted by Gasteiger charge is -2.19. The highest BCUT2D eigenvalue weighted by atomic mass is 32.2. The lowest BCUT2D eigenvalue weighted by Crippen LogP contribution is -2.27. The summed E-state index contributed by atoms with van der Waals surface area (Å²) in [6, 6.07) is 0. The molecule has 5 heteroatoms. The first-order valence-electron chi connectivity index (χ1n) is 3.87. The minimum Gasteiger partial charge on any atom is -0.288 e. The van der Waals surface area contributed by atoms with Gasteiger partial charge in [-0.1, -0.05) is 11.8 Å². The molecule has 1 fully saturated rings. The van der Waals surface area contributed by atoms with E-state index in [1.165, 1.54) is 6.92 Å². The van der Waals surface area contributed by atoms with Crippen molar-refractivity contribution in [3.05, 3.63) is 0 Å². The predicted molar refractivity (Wildman–Crippen MR) is 49.9 cm³/mol. The molecule has 70 valence electrons. The molecule has 0 saturated carbocycles. The number of hydrogen-bond donors (Lipinski definition) is 0. The Morgan fingerprint density at radius 1 is 1.50 bits per heavy atom. The molecule has 1 atom stereocenters. The molecule has 0 amide bonds. The van der Waals surface area contributed by atoms with Crippen molar-refractivity contribution < 1.29 is 13.2 Å². The third-order valence-electron chi connectivity index (χ3n) is 1.75. The van der Waals surface area contributed by atoms with Crippen molar-refractivity contribution >= 4 is 26.7 Å². The van der Waals surface area contributed by atoms with Gasteiger partial charge >= 0.3 is 0 Å². The van der Waals surface area contributed by atoms with Gasteiger partial charge in [-0.3, -0.25) is 4.79 Å². The topological polar surface area (TPSA) is 51.2 Å². The molecule has 1 heterocycles. The van der Waals surface area contributed by atoms with E-state index in [9.17, 15) is 13.2 Å². The minimum absolute atomic E-state index is 0.00116. The van der Waals surface area contributed by atoms with E-state index in [0.29, 0.717) is 12.2 Å². The van der Waals surface area contributed by atoms with Crippen molar-refractivity contribution in [3.63, 3.8) is 0 Å². The maximum Gasteiger partial charge on any atom is 0.186 e. The van der Waals surface area contributed by atoms with Crippen LogP contribution in [0.4, 0.5) is 0 Å². The third-order valence-corrected chi connectivity index (χ3v) is 4.85. The van der Waals surface area contributed by atoms with Crippen molar-refractivity contribution in [2.75, 3.05) is 11.5 Å². The molecule has 0 aliphatic carbocycles. The Hall–Kier alpha value is -0.0300. The quantitative estimate of drug-likeness (QED) is 0.641. The molecule has 0 spiro atoms. The zero-order valence-electron chi connectivity index (χ0n) is 6.95. The Labute approximate surface area is 76.8 Å². The number of sulfone groups is 1. The highest BCUT2D eigenvalue weighted by Crippen LogP contribution is 2.23. The number of hydrogen-bond acceptors (Lipinski definition) is 4. The average molecular weight is 208 g/mol. The molecule has 1 aliphatic rings. The molecule has 0 N–H and O–H groups in total. The number of carbonyl (C=O) groups is 1. The summed E-state index contributed by atoms with van der Waals surface area (Å²) in [6.45, 7) is 1.48. The molecule has 0 bridgehead atoms. The molecular weight excluding hydrogens is 196 g/mol. The van der Waals surface area contributed by atoms with E-state index >= 15 is 0 Å². The Kier molecular flexibility index (Phi) is 3.17. The first-order chi connectivity index (χ1) is 5.49. The van der Waals surface area contributed by atoms with E-state index in [2.05, 4.69) is 0 Å². The second-order valence-corrected chi connectivity index (χ2v) is 6.69. The first kappa shape index (κ1) is 10.1. The van der Waals surface area contributed by atoms with Crippen LogP contribution in [0, 0.1) is 0 Å². The van der Waals surface area contributed by atoms with Gasteiger partial charge in [0.1, 0.15) is 0 Å². The normalized spacial score (nSPS) is 28.2. The van der Waals surface area contributed by atoms with Gasteiger partial charge in [-0.05, 0) is 12.8 Å². The van der Waals surface area contributed by atoms with Gasteiger partial charge < -0.3 is 0 Å². The first-order valence-corrected chi connectivity index (χ1v) is 6.57. The molecule has 1 aliphatic heterocycles. The van der Waals surface area contributed by atoms with Crippen LogP contribution in [0.5, 0.6) is 0 Å². The fraction of sp³-hybridized carbons (Fsp3) is 0.857. The molecule has 0 radical (unpaired) electrons. The molecule has 12 heavy (non-hydrogen) atoms. The van der Waals surface area contributed by atoms with Crippen LogP contribution < -0.4 is 0 Å². The maximum atomic E-state index is 11.1. The fourth-order valence-corrected chi connectivity index (χ4v) is 4.46. The Balaban J connectivity index is 2.53. The van der Waals surface area contributed by atoms with Gasteiger partial charge in [0.25, 0.3) is 0 Å². The fourth-order valence-electron chi connectivity index (χ4n) is 1.31. The number of rotatable bonds is 1. The summed E-state index contributed by atoms with van der Waals surface area (Å²) >= 11 is 1.16. The predicted octanol–water partition coefficient (Wildman–Crippen LogP) is 0.843. The Morgan fingerprint density at radius 2 is 2.17 bits per heavy atom. The van der Waals surface area contributed by atoms with Gasteiger partial charge in [-0.25, -0.2) is 8.42 Å². The highest BCUT2D eigenvalue weighted by molar-refractivity contribution is 8.14. The highest BCUT2D eigenvalue weighted by Gasteiger charge is 2.25. The van der Waals surface area contributed by atoms with Crippen LogP contribution in [-0.4, -0.2) is 30.3 Å². The van der Waals surface area contributed by atoms with E-state index in [1.54, 1.807) is 0 Å². The van der Waals surface area contributed by atoms with Crippen LogP contribution in [0.3, 0.4) is 0 Å². The van der Waals surface area contributed by atoms with E-state index < -0.39 is 9.84 Å². The van der Waals surface area contributed by atoms with Gasteiger partial charge in [-0.15, -0.1) is 0 Å². The second-order valence-electron chi connectivity index (χ2n) is 2.99. The van der Waals surface area contributed by atoms with Gasteiger partial charge in [0.2, 0.25) is 0 Å². The largest absolute Gasteiger partial charge is 0.288 e. The maximum absolute atomic E-state index is 11.1. The van der Waals surface area contributed by atoms with E-state index in [4.69, 9.17) is 0 Å². The lowest BCUT2D eigenvalue weighted by atomic mass is 10.3. The summed E-state index contributed by atoms with van der Waals surface area (Å²) in [7, 11) is -2.85. The van der Waals surface area contributed by atoms with E-state index in [0.717, 1.165) is 18.2 Å². The monoisotopic (exact) mass is 208 g/mol. The van der Waals surface area contributed by atoms with Gasteiger partial charge in [0, 0.05) is 12.2 Å². The summed E-state index contributed by atoms with van der Waals surface area (Å²) in [5, 5.41) is 0.0124. The molecule has 0 aromatic rings. The van der Waals surface area contributed by atoms with Crippen LogP contribution >= 0.6 is 11.8 Å². The molecule has 1 unspecified atom stereocenters. The average Bonchev–Trinajstić information content (AvgIpc) is 1.82. The minimum atomic E-state index is -2.85. The molecular formula is C7H12O3S2. The smallest absolute Gasteiger partial charge is 0.186 e. The van der Waals surface area contributed by atoms with Crippen molar-refractivity contribution in [2.24, 2.45) is 0 Å². The summed E-state index contributed by atoms with van der Waals surface area (Å²) in [5.41, 5.74) is 0. The van der Waals surface area contributed by atoms with Crippen LogP contribution in [-0.2, 0) is 14.6 Å². The van der Waals surface area contributed by atoms with E-state index in [-0.39, 0.29) is 16.1 Å². The zero-order chi connectivity index (χ0) is 9.19. The molecule has 1 saturated heterocycles. The standard InChI is InChI=1S/C7H12O3S2/c1-6(8)11-7-3-2-4-12(9,10)5-7/h7H,2-5H2,1H3. The summed E-state index contributed by atoms with van der Waals surface area (Å²) < 4.78 is 22.2. The molecule has 0 aromatic carbocycles. The number of thioether (sulfide) groups is 1. The summed E-state index contributed by atoms with van der Waals surface area (Å²) in [5.74, 6) is 0.471. The van der Waals surface area contributed by atoms with Crippen LogP contribution in [0.15, 0.2) is 0 Å². The summed E-state index contributed by atoms with van der Waals surface area (Å²) in [4.78, 5) is 10.7. The van der Waals surface area contributed by atoms with E-state index in [1.807, 2.05) is 0 Å². The van der Waals surface area contributed by atoms with Crippen molar-refractivity contribution in [1.82, 2.24) is 0 Å². The third kappa shape index (κ3) is 3.15. The number of carbonyl (C=O) groups excluding carboxylic acids is 1. The molecule has 0 aromatic heterocycles. The molecule has 3 nitrogen and oxygen atoms in total. The Bertz CT molecular complexity index is 268. The van der Waals surface area contributed by atoms with Crippen LogP contribution in [0.2, 0.25) is 0 Å². The second kappa shape index (κ2) is 3.79. The van der Waals surface area contributed by atoms with Crippen molar-refractivity contribution in [1.29, 1.82) is 0 Å². The zero-order valence-corrected chi connectivity index (χ0v) is 8.58. The van der Waals surface area contributed by atoms with Gasteiger partial charge in [0.15, 0.2) is 15.0 Å². The SMILES string of the molecule is CC(=O)SC1CCCS(=O)(=O)C1.